The molecule has 10 nitrogen and oxygen atoms in total. The fraction of sp³-hybridized carbons (Fsp3) is 0.407. The second-order valence-corrected chi connectivity index (χ2v) is 8.79. The monoisotopic (exact) mass is 512 g/mol. The van der Waals surface area contributed by atoms with E-state index in [1.165, 1.54) is 38.4 Å². The lowest BCUT2D eigenvalue weighted by Crippen LogP contribution is -2.39. The third-order valence-electron chi connectivity index (χ3n) is 6.71. The van der Waals surface area contributed by atoms with Gasteiger partial charge in [-0.25, -0.2) is 0 Å². The van der Waals surface area contributed by atoms with E-state index in [2.05, 4.69) is 4.90 Å². The van der Waals surface area contributed by atoms with Crippen LogP contribution in [0.4, 0.5) is 0 Å². The van der Waals surface area contributed by atoms with Crippen LogP contribution in [0, 0.1) is 0 Å². The van der Waals surface area contributed by atoms with Gasteiger partial charge in [0.1, 0.15) is 28.8 Å². The smallest absolute Gasteiger partial charge is 0.295 e. The zero-order valence-electron chi connectivity index (χ0n) is 21.2. The lowest BCUT2D eigenvalue weighted by molar-refractivity contribution is -0.140. The average molecular weight is 513 g/mol. The zero-order chi connectivity index (χ0) is 26.5. The van der Waals surface area contributed by atoms with Gasteiger partial charge in [-0.2, -0.15) is 0 Å². The van der Waals surface area contributed by atoms with Crippen molar-refractivity contribution in [2.45, 2.75) is 12.5 Å². The molecule has 2 aromatic rings. The van der Waals surface area contributed by atoms with Gasteiger partial charge in [0.2, 0.25) is 0 Å². The molecule has 0 aromatic heterocycles. The van der Waals surface area contributed by atoms with Crippen LogP contribution in [0.2, 0.25) is 0 Å². The number of hydrogen-bond acceptors (Lipinski definition) is 9. The summed E-state index contributed by atoms with van der Waals surface area (Å²) < 4.78 is 21.5. The van der Waals surface area contributed by atoms with E-state index in [1.807, 2.05) is 0 Å². The summed E-state index contributed by atoms with van der Waals surface area (Å²) in [6.07, 6.45) is 0.615. The Kier molecular flexibility index (Phi) is 8.20. The normalized spacial score (nSPS) is 19.8. The van der Waals surface area contributed by atoms with Crippen LogP contribution in [0.15, 0.2) is 42.0 Å². The van der Waals surface area contributed by atoms with Crippen LogP contribution in [0.1, 0.15) is 23.6 Å². The van der Waals surface area contributed by atoms with Gasteiger partial charge < -0.3 is 34.1 Å². The predicted molar refractivity (Wildman–Crippen MR) is 135 cm³/mol. The molecule has 0 spiro atoms. The van der Waals surface area contributed by atoms with Crippen molar-refractivity contribution in [2.24, 2.45) is 0 Å². The quantitative estimate of drug-likeness (QED) is 0.297. The number of ether oxygens (including phenoxy) is 4. The topological polar surface area (TPSA) is 118 Å². The number of aromatic hydroxyl groups is 1. The minimum Gasteiger partial charge on any atom is -0.507 e. The summed E-state index contributed by atoms with van der Waals surface area (Å²) in [6, 6.07) is 8.45. The Morgan fingerprint density at radius 3 is 2.30 bits per heavy atom. The third-order valence-corrected chi connectivity index (χ3v) is 6.71. The molecule has 2 aliphatic heterocycles. The van der Waals surface area contributed by atoms with Crippen molar-refractivity contribution in [2.75, 3.05) is 60.7 Å². The summed E-state index contributed by atoms with van der Waals surface area (Å²) in [5, 5.41) is 21.9. The van der Waals surface area contributed by atoms with Gasteiger partial charge in [-0.05, 0) is 36.8 Å². The van der Waals surface area contributed by atoms with Gasteiger partial charge in [0.05, 0.1) is 51.7 Å². The maximum Gasteiger partial charge on any atom is 0.295 e. The second kappa shape index (κ2) is 11.5. The van der Waals surface area contributed by atoms with Gasteiger partial charge in [-0.1, -0.05) is 0 Å². The molecule has 198 valence electrons. The van der Waals surface area contributed by atoms with E-state index < -0.39 is 23.5 Å². The number of nitrogens with zero attached hydrogens (tertiary/aromatic N) is 2. The van der Waals surface area contributed by atoms with E-state index in [-0.39, 0.29) is 23.4 Å². The van der Waals surface area contributed by atoms with Crippen LogP contribution in [0.25, 0.3) is 5.76 Å². The van der Waals surface area contributed by atoms with Gasteiger partial charge in [-0.15, -0.1) is 0 Å². The summed E-state index contributed by atoms with van der Waals surface area (Å²) in [4.78, 5) is 30.4. The summed E-state index contributed by atoms with van der Waals surface area (Å²) in [5.74, 6) is -1.03. The van der Waals surface area contributed by atoms with Gasteiger partial charge in [-0.3, -0.25) is 14.5 Å². The number of amides is 1. The highest BCUT2D eigenvalue weighted by Crippen LogP contribution is 2.45. The molecule has 0 radical (unpaired) electrons. The van der Waals surface area contributed by atoms with Gasteiger partial charge >= 0.3 is 0 Å². The molecule has 37 heavy (non-hydrogen) atoms. The summed E-state index contributed by atoms with van der Waals surface area (Å²) in [5.41, 5.74) is 0.365. The third kappa shape index (κ3) is 5.35. The highest BCUT2D eigenvalue weighted by molar-refractivity contribution is 6.46. The van der Waals surface area contributed by atoms with Crippen molar-refractivity contribution >= 4 is 17.4 Å². The molecular formula is C27H32N2O8. The van der Waals surface area contributed by atoms with E-state index >= 15 is 0 Å². The molecule has 2 heterocycles. The van der Waals surface area contributed by atoms with Crippen molar-refractivity contribution in [1.29, 1.82) is 0 Å². The highest BCUT2D eigenvalue weighted by atomic mass is 16.5. The number of methoxy groups -OCH3 is 3. The Morgan fingerprint density at radius 2 is 1.65 bits per heavy atom. The lowest BCUT2D eigenvalue weighted by Gasteiger charge is -2.29. The standard InChI is InChI=1S/C27H32N2O8/c1-34-17-6-8-22(36-3)20(15-17)24-23(25(31)19-7-5-18(35-2)16-21(19)30)26(32)27(33)29(24)10-4-9-28-11-13-37-14-12-28/h5-8,15-16,24,30-31H,4,9-14H2,1-3H3/t24-/m0/s1. The molecule has 0 unspecified atom stereocenters. The molecule has 2 N–H and O–H groups in total. The maximum atomic E-state index is 13.4. The first-order valence-corrected chi connectivity index (χ1v) is 12.1. The summed E-state index contributed by atoms with van der Waals surface area (Å²) in [6.45, 7) is 3.95. The molecule has 2 aromatic carbocycles. The van der Waals surface area contributed by atoms with Crippen molar-refractivity contribution in [3.8, 4) is 23.0 Å². The van der Waals surface area contributed by atoms with E-state index in [9.17, 15) is 19.8 Å². The van der Waals surface area contributed by atoms with Crippen molar-refractivity contribution < 1.29 is 38.7 Å². The van der Waals surface area contributed by atoms with Crippen LogP contribution in [-0.2, 0) is 14.3 Å². The fourth-order valence-corrected chi connectivity index (χ4v) is 4.76. The second-order valence-electron chi connectivity index (χ2n) is 8.79. The number of carbonyl (C=O) groups is 2. The summed E-state index contributed by atoms with van der Waals surface area (Å²) in [7, 11) is 4.46. The Labute approximate surface area is 215 Å². The Balaban J connectivity index is 1.78. The van der Waals surface area contributed by atoms with Crippen LogP contribution in [0.3, 0.4) is 0 Å². The molecule has 1 amide bonds. The van der Waals surface area contributed by atoms with Gasteiger partial charge in [0, 0.05) is 37.8 Å². The number of likely N-dealkylation sites (tertiary alicyclic amines) is 1. The molecule has 2 fully saturated rings. The Hall–Kier alpha value is -3.76. The average Bonchev–Trinajstić information content (AvgIpc) is 3.17. The number of phenolic OH excluding ortho intramolecular Hbond substituents is 1. The molecule has 0 bridgehead atoms. The minimum atomic E-state index is -0.948. The van der Waals surface area contributed by atoms with Crippen LogP contribution < -0.4 is 14.2 Å². The molecule has 2 saturated heterocycles. The first kappa shape index (κ1) is 26.3. The van der Waals surface area contributed by atoms with E-state index in [1.54, 1.807) is 24.3 Å². The molecular weight excluding hydrogens is 480 g/mol. The number of aliphatic hydroxyl groups excluding tert-OH is 1. The first-order chi connectivity index (χ1) is 17.9. The zero-order valence-corrected chi connectivity index (χ0v) is 21.2. The molecule has 0 saturated carbocycles. The number of carbonyl (C=O) groups excluding carboxylic acids is 2. The molecule has 4 rings (SSSR count). The molecule has 2 aliphatic rings. The van der Waals surface area contributed by atoms with E-state index in [0.29, 0.717) is 42.4 Å². The minimum absolute atomic E-state index is 0.0129. The number of rotatable bonds is 9. The highest BCUT2D eigenvalue weighted by Gasteiger charge is 2.47. The fourth-order valence-electron chi connectivity index (χ4n) is 4.76. The Bertz CT molecular complexity index is 1190. The SMILES string of the molecule is COc1ccc(C(O)=C2C(=O)C(=O)N(CCCN3CCOCC3)[C@H]2c2cc(OC)ccc2OC)c(O)c1. The molecule has 1 atom stereocenters. The van der Waals surface area contributed by atoms with Crippen molar-refractivity contribution in [3.63, 3.8) is 0 Å². The van der Waals surface area contributed by atoms with E-state index in [0.717, 1.165) is 19.6 Å². The maximum absolute atomic E-state index is 13.4. The van der Waals surface area contributed by atoms with E-state index in [4.69, 9.17) is 18.9 Å². The molecule has 0 aliphatic carbocycles. The van der Waals surface area contributed by atoms with Gasteiger partial charge in [0.15, 0.2) is 0 Å². The number of morpholine rings is 1. The number of phenols is 1. The largest absolute Gasteiger partial charge is 0.507 e. The number of aliphatic hydroxyl groups is 1. The van der Waals surface area contributed by atoms with Gasteiger partial charge in [0.25, 0.3) is 11.7 Å². The Morgan fingerprint density at radius 1 is 0.973 bits per heavy atom. The van der Waals surface area contributed by atoms with Crippen LogP contribution in [-0.4, -0.2) is 92.4 Å². The predicted octanol–water partition coefficient (Wildman–Crippen LogP) is 2.56. The number of hydrogen-bond donors (Lipinski definition) is 2. The van der Waals surface area contributed by atoms with Crippen LogP contribution >= 0.6 is 0 Å². The van der Waals surface area contributed by atoms with Crippen molar-refractivity contribution in [1.82, 2.24) is 9.80 Å². The summed E-state index contributed by atoms with van der Waals surface area (Å²) >= 11 is 0. The number of Topliss-reactive ketones (excluding diaryl/α,β-unsaturated/α-hetero) is 1. The van der Waals surface area contributed by atoms with Crippen LogP contribution in [0.5, 0.6) is 23.0 Å². The molecule has 10 heteroatoms. The lowest BCUT2D eigenvalue weighted by atomic mass is 9.94. The van der Waals surface area contributed by atoms with Crippen molar-refractivity contribution in [3.05, 3.63) is 53.1 Å². The first-order valence-electron chi connectivity index (χ1n) is 12.1. The number of benzene rings is 2. The number of ketones is 1.